The topological polar surface area (TPSA) is 158 Å². The van der Waals surface area contributed by atoms with Crippen molar-refractivity contribution in [2.24, 2.45) is 10.8 Å². The standard InChI is InChI=1S/C38H50F2N3O10P/c1-26(22-31(44)41-30-16-12-13-21-43(33(30)46)23-32(45)42(8)29-14-10-9-11-15-29)27-17-19-28(20-18-27)38(39,40)54(49,52-24-50-34(47)36(2,3)4)53-25-51-35(48)37(5,6)7/h9-11,14-15,17-20,22,30H,12-13,16,21,23-25H2,1-8H3,(H,41,44)/t30-/m0/s1. The summed E-state index contributed by atoms with van der Waals surface area (Å²) in [7, 11) is -3.89. The van der Waals surface area contributed by atoms with E-state index in [1.807, 2.05) is 6.07 Å². The van der Waals surface area contributed by atoms with Gasteiger partial charge < -0.3 is 24.6 Å². The van der Waals surface area contributed by atoms with Crippen molar-refractivity contribution >= 4 is 48.5 Å². The van der Waals surface area contributed by atoms with E-state index in [-0.39, 0.29) is 18.4 Å². The number of para-hydroxylation sites is 1. The van der Waals surface area contributed by atoms with Crippen LogP contribution in [0.5, 0.6) is 0 Å². The molecule has 1 aliphatic rings. The molecule has 0 bridgehead atoms. The maximum Gasteiger partial charge on any atom is 0.410 e. The number of likely N-dealkylation sites (tertiary alicyclic amines) is 1. The van der Waals surface area contributed by atoms with Crippen molar-refractivity contribution < 1.29 is 55.8 Å². The van der Waals surface area contributed by atoms with Crippen LogP contribution in [0, 0.1) is 10.8 Å². The third kappa shape index (κ3) is 11.8. The number of hydrogen-bond acceptors (Lipinski definition) is 10. The van der Waals surface area contributed by atoms with Crippen molar-refractivity contribution in [3.05, 3.63) is 71.8 Å². The van der Waals surface area contributed by atoms with Crippen molar-refractivity contribution in [2.75, 3.05) is 38.6 Å². The summed E-state index contributed by atoms with van der Waals surface area (Å²) in [4.78, 5) is 66.7. The molecule has 0 spiro atoms. The first-order valence-corrected chi connectivity index (χ1v) is 18.9. The van der Waals surface area contributed by atoms with Crippen LogP contribution in [-0.4, -0.2) is 74.3 Å². The van der Waals surface area contributed by atoms with Crippen LogP contribution in [0.2, 0.25) is 0 Å². The zero-order valence-corrected chi connectivity index (χ0v) is 32.9. The highest BCUT2D eigenvalue weighted by Crippen LogP contribution is 2.67. The minimum atomic E-state index is -5.51. The van der Waals surface area contributed by atoms with Crippen LogP contribution in [0.4, 0.5) is 14.5 Å². The number of benzene rings is 2. The molecule has 1 N–H and O–H groups in total. The Hall–Kier alpha value is -4.46. The molecule has 0 saturated carbocycles. The highest BCUT2D eigenvalue weighted by atomic mass is 31.2. The van der Waals surface area contributed by atoms with Gasteiger partial charge in [-0.05, 0) is 91.0 Å². The van der Waals surface area contributed by atoms with Crippen molar-refractivity contribution in [1.29, 1.82) is 0 Å². The summed E-state index contributed by atoms with van der Waals surface area (Å²) in [6, 6.07) is 12.6. The fourth-order valence-corrected chi connectivity index (χ4v) is 6.22. The SMILES string of the molecule is CC(=CC(=O)N[C@H]1CCCCN(CC(=O)N(C)c2ccccc2)C1=O)c1ccc(C(F)(F)P(=O)(OCOC(=O)C(C)(C)C)OCOC(=O)C(C)(C)C)cc1. The van der Waals surface area contributed by atoms with E-state index in [2.05, 4.69) is 5.32 Å². The quantitative estimate of drug-likeness (QED) is 0.0957. The summed E-state index contributed by atoms with van der Waals surface area (Å²) in [6.45, 7) is 8.64. The molecule has 13 nitrogen and oxygen atoms in total. The Morgan fingerprint density at radius 1 is 0.889 bits per heavy atom. The molecule has 2 aromatic carbocycles. The average molecular weight is 778 g/mol. The predicted octanol–water partition coefficient (Wildman–Crippen LogP) is 6.62. The zero-order valence-electron chi connectivity index (χ0n) is 32.0. The number of rotatable bonds is 14. The number of halogens is 2. The first-order chi connectivity index (χ1) is 25.1. The zero-order chi connectivity index (χ0) is 40.5. The average Bonchev–Trinajstić information content (AvgIpc) is 3.27. The number of nitrogens with one attached hydrogen (secondary N) is 1. The smallest absolute Gasteiger partial charge is 0.410 e. The number of ether oxygens (including phenoxy) is 2. The van der Waals surface area contributed by atoms with Crippen LogP contribution >= 0.6 is 7.60 Å². The van der Waals surface area contributed by atoms with Crippen LogP contribution in [0.1, 0.15) is 78.9 Å². The summed E-state index contributed by atoms with van der Waals surface area (Å²) in [5.41, 5.74) is -5.74. The molecule has 1 aliphatic heterocycles. The molecule has 0 radical (unpaired) electrons. The van der Waals surface area contributed by atoms with Gasteiger partial charge in [0.15, 0.2) is 0 Å². The molecule has 0 unspecified atom stereocenters. The van der Waals surface area contributed by atoms with Gasteiger partial charge in [0, 0.05) is 30.9 Å². The third-order valence-electron chi connectivity index (χ3n) is 8.37. The van der Waals surface area contributed by atoms with Crippen LogP contribution in [-0.2, 0) is 52.7 Å². The summed E-state index contributed by atoms with van der Waals surface area (Å²) >= 11 is 0. The lowest BCUT2D eigenvalue weighted by molar-refractivity contribution is -0.163. The lowest BCUT2D eigenvalue weighted by Crippen LogP contribution is -2.50. The maximum atomic E-state index is 15.9. The number of carbonyl (C=O) groups is 5. The van der Waals surface area contributed by atoms with Crippen molar-refractivity contribution in [2.45, 2.75) is 79.4 Å². The van der Waals surface area contributed by atoms with Crippen molar-refractivity contribution in [3.63, 3.8) is 0 Å². The van der Waals surface area contributed by atoms with E-state index in [0.29, 0.717) is 42.6 Å². The highest BCUT2D eigenvalue weighted by Gasteiger charge is 2.56. The number of carbonyl (C=O) groups excluding carboxylic acids is 5. The van der Waals surface area contributed by atoms with Gasteiger partial charge in [0.05, 0.1) is 10.8 Å². The van der Waals surface area contributed by atoms with Gasteiger partial charge in [-0.15, -0.1) is 0 Å². The second-order valence-electron chi connectivity index (χ2n) is 14.9. The number of alkyl halides is 2. The van der Waals surface area contributed by atoms with Crippen molar-refractivity contribution in [3.8, 4) is 0 Å². The molecule has 16 heteroatoms. The predicted molar refractivity (Wildman–Crippen MR) is 197 cm³/mol. The molecule has 3 rings (SSSR count). The summed E-state index contributed by atoms with van der Waals surface area (Å²) in [6.07, 6.45) is 2.88. The Kier molecular flexibility index (Phi) is 14.8. The minimum Gasteiger partial charge on any atom is -0.438 e. The lowest BCUT2D eigenvalue weighted by Gasteiger charge is -2.27. The van der Waals surface area contributed by atoms with E-state index in [4.69, 9.17) is 18.5 Å². The molecule has 1 fully saturated rings. The molecular weight excluding hydrogens is 727 g/mol. The largest absolute Gasteiger partial charge is 0.438 e. The van der Waals surface area contributed by atoms with Gasteiger partial charge in [0.25, 0.3) is 0 Å². The number of hydrogen-bond donors (Lipinski definition) is 1. The Bertz CT molecular complexity index is 1700. The van der Waals surface area contributed by atoms with Crippen LogP contribution in [0.15, 0.2) is 60.7 Å². The van der Waals surface area contributed by atoms with E-state index in [9.17, 15) is 28.5 Å². The fraction of sp³-hybridized carbons (Fsp3) is 0.500. The van der Waals surface area contributed by atoms with Gasteiger partial charge in [-0.3, -0.25) is 37.6 Å². The summed E-state index contributed by atoms with van der Waals surface area (Å²) in [5, 5.41) is 2.71. The molecule has 2 aromatic rings. The Morgan fingerprint density at radius 2 is 1.43 bits per heavy atom. The normalized spacial score (nSPS) is 16.0. The number of amides is 3. The van der Waals surface area contributed by atoms with E-state index in [1.165, 1.54) is 69.6 Å². The molecule has 3 amide bonds. The van der Waals surface area contributed by atoms with Crippen LogP contribution < -0.4 is 10.2 Å². The molecule has 1 atom stereocenters. The minimum absolute atomic E-state index is 0.157. The Morgan fingerprint density at radius 3 is 1.94 bits per heavy atom. The summed E-state index contributed by atoms with van der Waals surface area (Å²) < 4.78 is 64.9. The molecule has 296 valence electrons. The second-order valence-corrected chi connectivity index (χ2v) is 17.0. The number of esters is 2. The molecule has 1 heterocycles. The summed E-state index contributed by atoms with van der Waals surface area (Å²) in [5.74, 6) is -2.89. The van der Waals surface area contributed by atoms with Crippen LogP contribution in [0.3, 0.4) is 0 Å². The molecular formula is C38H50F2N3O10P. The van der Waals surface area contributed by atoms with E-state index < -0.39 is 67.1 Å². The van der Waals surface area contributed by atoms with Gasteiger partial charge in [-0.2, -0.15) is 8.78 Å². The van der Waals surface area contributed by atoms with Gasteiger partial charge in [-0.25, -0.2) is 0 Å². The van der Waals surface area contributed by atoms with Crippen molar-refractivity contribution in [1.82, 2.24) is 10.2 Å². The van der Waals surface area contributed by atoms with Gasteiger partial charge in [0.2, 0.25) is 31.3 Å². The third-order valence-corrected chi connectivity index (χ3v) is 10.2. The Balaban J connectivity index is 1.72. The molecule has 1 saturated heterocycles. The monoisotopic (exact) mass is 777 g/mol. The van der Waals surface area contributed by atoms with E-state index in [0.717, 1.165) is 12.1 Å². The first-order valence-electron chi connectivity index (χ1n) is 17.4. The highest BCUT2D eigenvalue weighted by molar-refractivity contribution is 7.54. The Labute approximate surface area is 314 Å². The fourth-order valence-electron chi connectivity index (χ4n) is 4.98. The number of allylic oxidation sites excluding steroid dienone is 1. The number of likely N-dealkylation sites (N-methyl/N-ethyl adjacent to an activating group) is 1. The molecule has 54 heavy (non-hydrogen) atoms. The second kappa shape index (κ2) is 18.2. The van der Waals surface area contributed by atoms with E-state index >= 15 is 8.78 Å². The molecule has 0 aliphatic carbocycles. The van der Waals surface area contributed by atoms with Gasteiger partial charge >= 0.3 is 25.2 Å². The molecule has 0 aromatic heterocycles. The van der Waals surface area contributed by atoms with Gasteiger partial charge in [0.1, 0.15) is 12.6 Å². The number of nitrogens with zero attached hydrogens (tertiary/aromatic N) is 2. The van der Waals surface area contributed by atoms with Gasteiger partial charge in [-0.1, -0.05) is 42.5 Å². The number of anilines is 1. The lowest BCUT2D eigenvalue weighted by atomic mass is 9.98. The van der Waals surface area contributed by atoms with Crippen LogP contribution in [0.25, 0.3) is 5.57 Å². The maximum absolute atomic E-state index is 15.9. The van der Waals surface area contributed by atoms with E-state index in [1.54, 1.807) is 38.2 Å². The first kappa shape index (κ1) is 43.9.